The minimum atomic E-state index is -2.15. The third kappa shape index (κ3) is 1.96. The van der Waals surface area contributed by atoms with Crippen LogP contribution in [0.4, 0.5) is 0 Å². The Morgan fingerprint density at radius 3 is 2.11 bits per heavy atom. The number of esters is 3. The molecule has 10 heteroatoms. The van der Waals surface area contributed by atoms with Gasteiger partial charge in [-0.15, -0.1) is 0 Å². The van der Waals surface area contributed by atoms with E-state index < -0.39 is 53.7 Å². The molecule has 0 spiro atoms. The first kappa shape index (κ1) is 14.1. The number of aliphatic hydroxyl groups excluding tert-OH is 3. The lowest BCUT2D eigenvalue weighted by Gasteiger charge is -2.29. The quantitative estimate of drug-likeness (QED) is 0.367. The van der Waals surface area contributed by atoms with Crippen LogP contribution in [-0.4, -0.2) is 69.0 Å². The molecule has 2 fully saturated rings. The normalized spacial score (nSPS) is 38.1. The number of thioether (sulfide) groups is 1. The summed E-state index contributed by atoms with van der Waals surface area (Å²) in [6.07, 6.45) is -1.65. The zero-order valence-electron chi connectivity index (χ0n) is 9.40. The Bertz CT molecular complexity index is 437. The fraction of sp³-hybridized carbons (Fsp3) is 0.667. The molecule has 0 radical (unpaired) electrons. The molecule has 106 valence electrons. The van der Waals surface area contributed by atoms with Crippen LogP contribution in [-0.2, 0) is 28.6 Å². The van der Waals surface area contributed by atoms with Gasteiger partial charge >= 0.3 is 17.9 Å². The summed E-state index contributed by atoms with van der Waals surface area (Å²) < 4.78 is 14.1. The summed E-state index contributed by atoms with van der Waals surface area (Å²) >= 11 is 0.343. The maximum atomic E-state index is 11.8. The predicted molar refractivity (Wildman–Crippen MR) is 56.4 cm³/mol. The number of cyclic esters (lactones) is 1. The van der Waals surface area contributed by atoms with Crippen LogP contribution < -0.4 is 0 Å². The first-order valence-electron chi connectivity index (χ1n) is 5.13. The summed E-state index contributed by atoms with van der Waals surface area (Å²) in [5, 5.41) is 27.4. The zero-order valence-corrected chi connectivity index (χ0v) is 10.2. The molecule has 0 saturated carbocycles. The lowest BCUT2D eigenvalue weighted by atomic mass is 10.3. The van der Waals surface area contributed by atoms with E-state index in [1.165, 1.54) is 0 Å². The molecule has 0 aromatic rings. The van der Waals surface area contributed by atoms with Crippen LogP contribution in [0, 0.1) is 0 Å². The van der Waals surface area contributed by atoms with Crippen LogP contribution >= 0.6 is 11.8 Å². The Morgan fingerprint density at radius 1 is 1.00 bits per heavy atom. The smallest absolute Gasteiger partial charge is 0.366 e. The van der Waals surface area contributed by atoms with Crippen molar-refractivity contribution in [1.29, 1.82) is 0 Å². The molecular weight excluding hydrogens is 284 g/mol. The first-order chi connectivity index (χ1) is 8.93. The molecule has 0 aliphatic carbocycles. The number of carbonyl (C=O) groups is 3. The molecule has 2 rings (SSSR count). The summed E-state index contributed by atoms with van der Waals surface area (Å²) in [4.78, 5) is 30.8. The number of carbonyl (C=O) groups excluding carboxylic acids is 3. The van der Waals surface area contributed by atoms with Gasteiger partial charge in [-0.2, -0.15) is 0 Å². The number of hydrogen-bond donors (Lipinski definition) is 3. The molecule has 2 saturated heterocycles. The minimum Gasteiger partial charge on any atom is -0.444 e. The van der Waals surface area contributed by atoms with Crippen molar-refractivity contribution < 1.29 is 43.9 Å². The van der Waals surface area contributed by atoms with Crippen molar-refractivity contribution in [3.05, 3.63) is 0 Å². The third-order valence-electron chi connectivity index (χ3n) is 2.57. The van der Waals surface area contributed by atoms with Crippen LogP contribution in [0.1, 0.15) is 0 Å². The van der Waals surface area contributed by atoms with Gasteiger partial charge in [0.1, 0.15) is 13.2 Å². The van der Waals surface area contributed by atoms with Gasteiger partial charge in [-0.3, -0.25) is 0 Å². The first-order valence-corrected chi connectivity index (χ1v) is 5.95. The second kappa shape index (κ2) is 4.63. The van der Waals surface area contributed by atoms with Crippen molar-refractivity contribution in [2.75, 3.05) is 19.8 Å². The Labute approximate surface area is 110 Å². The number of aliphatic hydroxyl groups is 3. The molecule has 2 heterocycles. The molecule has 3 N–H and O–H groups in total. The highest BCUT2D eigenvalue weighted by atomic mass is 32.2. The largest absolute Gasteiger partial charge is 0.444 e. The molecule has 2 aliphatic heterocycles. The predicted octanol–water partition coefficient (Wildman–Crippen LogP) is -2.89. The third-order valence-corrected chi connectivity index (χ3v) is 3.99. The highest BCUT2D eigenvalue weighted by Crippen LogP contribution is 2.48. The van der Waals surface area contributed by atoms with E-state index in [0.29, 0.717) is 11.8 Å². The van der Waals surface area contributed by atoms with Gasteiger partial charge in [0.15, 0.2) is 0 Å². The van der Waals surface area contributed by atoms with E-state index in [4.69, 9.17) is 14.6 Å². The van der Waals surface area contributed by atoms with Gasteiger partial charge in [0.2, 0.25) is 6.10 Å². The standard InChI is InChI=1S/C9H10O9S/c10-1-4-5(13)17-9(3-12)7(15)18-8(2-11,19-9)6(14)16-4/h4,10-12H,1-3H2. The highest BCUT2D eigenvalue weighted by Gasteiger charge is 2.66. The van der Waals surface area contributed by atoms with Gasteiger partial charge in [-0.25, -0.2) is 14.4 Å². The van der Waals surface area contributed by atoms with Crippen LogP contribution in [0.2, 0.25) is 0 Å². The monoisotopic (exact) mass is 294 g/mol. The van der Waals surface area contributed by atoms with Gasteiger partial charge in [-0.1, -0.05) is 0 Å². The second-order valence-corrected chi connectivity index (χ2v) is 5.33. The molecule has 2 bridgehead atoms. The molecule has 0 amide bonds. The summed E-state index contributed by atoms with van der Waals surface area (Å²) in [6.45, 7) is -2.75. The zero-order chi connectivity index (χ0) is 14.3. The minimum absolute atomic E-state index is 0.343. The molecule has 0 aromatic carbocycles. The number of ether oxygens (including phenoxy) is 3. The second-order valence-electron chi connectivity index (χ2n) is 3.81. The maximum Gasteiger partial charge on any atom is 0.366 e. The Balaban J connectivity index is 2.46. The van der Waals surface area contributed by atoms with Crippen molar-refractivity contribution >= 4 is 29.7 Å². The SMILES string of the molecule is O=C1OC2(CO)SC(CO)(OC2=O)C(=O)OC1CO. The fourth-order valence-electron chi connectivity index (χ4n) is 1.57. The Hall–Kier alpha value is -1.36. The van der Waals surface area contributed by atoms with Crippen LogP contribution in [0.15, 0.2) is 0 Å². The van der Waals surface area contributed by atoms with E-state index in [1.54, 1.807) is 0 Å². The van der Waals surface area contributed by atoms with Gasteiger partial charge in [-0.05, 0) is 11.8 Å². The number of hydrogen-bond acceptors (Lipinski definition) is 10. The van der Waals surface area contributed by atoms with Gasteiger partial charge in [0.05, 0.1) is 6.61 Å². The number of fused-ring (bicyclic) bond motifs is 2. The van der Waals surface area contributed by atoms with Crippen molar-refractivity contribution in [2.24, 2.45) is 0 Å². The van der Waals surface area contributed by atoms with E-state index >= 15 is 0 Å². The van der Waals surface area contributed by atoms with E-state index in [1.807, 2.05) is 0 Å². The summed E-state index contributed by atoms with van der Waals surface area (Å²) in [5.41, 5.74) is 0. The van der Waals surface area contributed by atoms with Crippen molar-refractivity contribution in [3.63, 3.8) is 0 Å². The Morgan fingerprint density at radius 2 is 1.58 bits per heavy atom. The summed E-state index contributed by atoms with van der Waals surface area (Å²) in [5.74, 6) is -3.58. The lowest BCUT2D eigenvalue weighted by Crippen LogP contribution is -2.49. The molecule has 3 atom stereocenters. The maximum absolute atomic E-state index is 11.8. The molecule has 0 aromatic heterocycles. The van der Waals surface area contributed by atoms with Crippen molar-refractivity contribution in [2.45, 2.75) is 16.0 Å². The number of rotatable bonds is 3. The average Bonchev–Trinajstić information content (AvgIpc) is 2.70. The molecule has 3 unspecified atom stereocenters. The molecule has 9 nitrogen and oxygen atoms in total. The topological polar surface area (TPSA) is 140 Å². The van der Waals surface area contributed by atoms with E-state index in [9.17, 15) is 24.6 Å². The van der Waals surface area contributed by atoms with Gasteiger partial charge in [0.25, 0.3) is 9.87 Å². The van der Waals surface area contributed by atoms with E-state index in [0.717, 1.165) is 0 Å². The van der Waals surface area contributed by atoms with Crippen LogP contribution in [0.5, 0.6) is 0 Å². The molecule has 19 heavy (non-hydrogen) atoms. The highest BCUT2D eigenvalue weighted by molar-refractivity contribution is 8.03. The van der Waals surface area contributed by atoms with Crippen molar-refractivity contribution in [1.82, 2.24) is 0 Å². The molecular formula is C9H10O9S. The van der Waals surface area contributed by atoms with E-state index in [2.05, 4.69) is 4.74 Å². The summed E-state index contributed by atoms with van der Waals surface area (Å²) in [7, 11) is 0. The fourth-order valence-corrected chi connectivity index (χ4v) is 2.73. The molecule has 2 aliphatic rings. The Kier molecular flexibility index (Phi) is 3.43. The van der Waals surface area contributed by atoms with Crippen molar-refractivity contribution in [3.8, 4) is 0 Å². The van der Waals surface area contributed by atoms with Gasteiger partial charge < -0.3 is 29.5 Å². The van der Waals surface area contributed by atoms with Gasteiger partial charge in [0, 0.05) is 0 Å². The van der Waals surface area contributed by atoms with Crippen LogP contribution in [0.3, 0.4) is 0 Å². The van der Waals surface area contributed by atoms with Crippen LogP contribution in [0.25, 0.3) is 0 Å². The van der Waals surface area contributed by atoms with E-state index in [-0.39, 0.29) is 0 Å². The average molecular weight is 294 g/mol. The lowest BCUT2D eigenvalue weighted by molar-refractivity contribution is -0.179. The summed E-state index contributed by atoms with van der Waals surface area (Å²) in [6, 6.07) is 0.